The Morgan fingerprint density at radius 3 is 2.22 bits per heavy atom. The van der Waals surface area contributed by atoms with Crippen molar-refractivity contribution in [3.8, 4) is 0 Å². The number of nitro groups is 1. The highest BCUT2D eigenvalue weighted by Gasteiger charge is 2.16. The predicted octanol–water partition coefficient (Wildman–Crippen LogP) is 1.90. The third-order valence-corrected chi connectivity index (χ3v) is 4.33. The van der Waals surface area contributed by atoms with Gasteiger partial charge in [0.1, 0.15) is 0 Å². The number of hydrogen-bond acceptors (Lipinski definition) is 5. The Kier molecular flexibility index (Phi) is 5.07. The SMILES string of the molecule is O=C(NS(=O)(=O)CCc1ccc([N+](=O)[O-])cc1)c1ccccc1. The number of carbonyl (C=O) groups is 1. The van der Waals surface area contributed by atoms with E-state index in [0.29, 0.717) is 5.56 Å². The van der Waals surface area contributed by atoms with Crippen molar-refractivity contribution < 1.29 is 18.1 Å². The van der Waals surface area contributed by atoms with Crippen molar-refractivity contribution in [3.63, 3.8) is 0 Å². The normalized spacial score (nSPS) is 11.0. The first-order chi connectivity index (χ1) is 10.9. The summed E-state index contributed by atoms with van der Waals surface area (Å²) in [6.45, 7) is 0. The highest BCUT2D eigenvalue weighted by molar-refractivity contribution is 7.90. The van der Waals surface area contributed by atoms with Gasteiger partial charge in [0.2, 0.25) is 10.0 Å². The van der Waals surface area contributed by atoms with Gasteiger partial charge in [-0.2, -0.15) is 0 Å². The molecular weight excluding hydrogens is 320 g/mol. The number of nitro benzene ring substituents is 1. The number of benzene rings is 2. The zero-order valence-electron chi connectivity index (χ0n) is 12.0. The summed E-state index contributed by atoms with van der Waals surface area (Å²) < 4.78 is 25.8. The van der Waals surface area contributed by atoms with Gasteiger partial charge < -0.3 is 0 Å². The molecule has 2 rings (SSSR count). The van der Waals surface area contributed by atoms with Crippen LogP contribution in [0.25, 0.3) is 0 Å². The van der Waals surface area contributed by atoms with Crippen LogP contribution in [-0.2, 0) is 16.4 Å². The zero-order chi connectivity index (χ0) is 16.9. The predicted molar refractivity (Wildman–Crippen MR) is 84.5 cm³/mol. The van der Waals surface area contributed by atoms with Crippen LogP contribution in [0.2, 0.25) is 0 Å². The average molecular weight is 334 g/mol. The van der Waals surface area contributed by atoms with E-state index in [1.807, 2.05) is 4.72 Å². The summed E-state index contributed by atoms with van der Waals surface area (Å²) in [4.78, 5) is 21.8. The van der Waals surface area contributed by atoms with E-state index in [1.54, 1.807) is 18.2 Å². The molecule has 0 aromatic heterocycles. The van der Waals surface area contributed by atoms with Crippen molar-refractivity contribution in [1.82, 2.24) is 4.72 Å². The van der Waals surface area contributed by atoms with Crippen LogP contribution in [0.5, 0.6) is 0 Å². The molecule has 1 N–H and O–H groups in total. The molecular formula is C15H14N2O5S. The Morgan fingerprint density at radius 1 is 1.04 bits per heavy atom. The Labute approximate surface area is 133 Å². The topological polar surface area (TPSA) is 106 Å². The summed E-state index contributed by atoms with van der Waals surface area (Å²) in [6, 6.07) is 13.6. The number of sulfonamides is 1. The number of nitrogens with zero attached hydrogens (tertiary/aromatic N) is 1. The number of hydrogen-bond donors (Lipinski definition) is 1. The minimum Gasteiger partial charge on any atom is -0.268 e. The number of amides is 1. The van der Waals surface area contributed by atoms with Crippen molar-refractivity contribution >= 4 is 21.6 Å². The van der Waals surface area contributed by atoms with Crippen molar-refractivity contribution in [2.24, 2.45) is 0 Å². The molecule has 0 heterocycles. The van der Waals surface area contributed by atoms with Gasteiger partial charge in [0, 0.05) is 17.7 Å². The fourth-order valence-electron chi connectivity index (χ4n) is 1.88. The van der Waals surface area contributed by atoms with Crippen LogP contribution in [0.15, 0.2) is 54.6 Å². The second kappa shape index (κ2) is 7.01. The molecule has 0 aliphatic carbocycles. The third-order valence-electron chi connectivity index (χ3n) is 3.09. The zero-order valence-corrected chi connectivity index (χ0v) is 12.8. The Morgan fingerprint density at radius 2 is 1.65 bits per heavy atom. The fraction of sp³-hybridized carbons (Fsp3) is 0.133. The standard InChI is InChI=1S/C15H14N2O5S/c18-15(13-4-2-1-3-5-13)16-23(21,22)11-10-12-6-8-14(9-7-12)17(19)20/h1-9H,10-11H2,(H,16,18). The quantitative estimate of drug-likeness (QED) is 0.641. The van der Waals surface area contributed by atoms with Crippen molar-refractivity contribution in [2.75, 3.05) is 5.75 Å². The summed E-state index contributed by atoms with van der Waals surface area (Å²) in [5, 5.41) is 10.5. The molecule has 2 aromatic rings. The first kappa shape index (κ1) is 16.6. The molecule has 0 saturated heterocycles. The van der Waals surface area contributed by atoms with Crippen LogP contribution in [0, 0.1) is 10.1 Å². The van der Waals surface area contributed by atoms with Crippen LogP contribution in [0.3, 0.4) is 0 Å². The van der Waals surface area contributed by atoms with E-state index in [1.165, 1.54) is 36.4 Å². The molecule has 0 unspecified atom stereocenters. The van der Waals surface area contributed by atoms with E-state index in [-0.39, 0.29) is 23.4 Å². The lowest BCUT2D eigenvalue weighted by Crippen LogP contribution is -2.33. The maximum Gasteiger partial charge on any atom is 0.269 e. The molecule has 0 atom stereocenters. The third kappa shape index (κ3) is 4.89. The van der Waals surface area contributed by atoms with Crippen LogP contribution >= 0.6 is 0 Å². The highest BCUT2D eigenvalue weighted by Crippen LogP contribution is 2.12. The van der Waals surface area contributed by atoms with E-state index in [2.05, 4.69) is 0 Å². The number of non-ortho nitro benzene ring substituents is 1. The summed E-state index contributed by atoms with van der Waals surface area (Å²) >= 11 is 0. The van der Waals surface area contributed by atoms with Gasteiger partial charge in [-0.25, -0.2) is 13.1 Å². The lowest BCUT2D eigenvalue weighted by atomic mass is 10.1. The summed E-state index contributed by atoms with van der Waals surface area (Å²) in [5.74, 6) is -0.974. The molecule has 2 aromatic carbocycles. The Bertz CT molecular complexity index is 802. The van der Waals surface area contributed by atoms with E-state index < -0.39 is 20.9 Å². The van der Waals surface area contributed by atoms with E-state index in [4.69, 9.17) is 0 Å². The molecule has 7 nitrogen and oxygen atoms in total. The second-order valence-corrected chi connectivity index (χ2v) is 6.63. The highest BCUT2D eigenvalue weighted by atomic mass is 32.2. The molecule has 0 bridgehead atoms. The van der Waals surface area contributed by atoms with Crippen LogP contribution in [0.4, 0.5) is 5.69 Å². The number of rotatable bonds is 6. The van der Waals surface area contributed by atoms with Gasteiger partial charge in [0.15, 0.2) is 0 Å². The summed E-state index contributed by atoms with van der Waals surface area (Å²) in [6.07, 6.45) is 0.148. The number of carbonyl (C=O) groups excluding carboxylic acids is 1. The smallest absolute Gasteiger partial charge is 0.268 e. The van der Waals surface area contributed by atoms with Gasteiger partial charge in [-0.05, 0) is 24.1 Å². The van der Waals surface area contributed by atoms with Crippen molar-refractivity contribution in [2.45, 2.75) is 6.42 Å². The lowest BCUT2D eigenvalue weighted by molar-refractivity contribution is -0.384. The molecule has 0 saturated carbocycles. The molecule has 0 radical (unpaired) electrons. The molecule has 0 spiro atoms. The molecule has 120 valence electrons. The summed E-state index contributed by atoms with van der Waals surface area (Å²) in [5.41, 5.74) is 0.827. The maximum atomic E-state index is 11.9. The number of aryl methyl sites for hydroxylation is 1. The van der Waals surface area contributed by atoms with E-state index >= 15 is 0 Å². The van der Waals surface area contributed by atoms with Gasteiger partial charge in [-0.15, -0.1) is 0 Å². The molecule has 23 heavy (non-hydrogen) atoms. The van der Waals surface area contributed by atoms with Crippen molar-refractivity contribution in [1.29, 1.82) is 0 Å². The monoisotopic (exact) mass is 334 g/mol. The van der Waals surface area contributed by atoms with Gasteiger partial charge in [-0.3, -0.25) is 14.9 Å². The number of nitrogens with one attached hydrogen (secondary N) is 1. The maximum absolute atomic E-state index is 11.9. The lowest BCUT2D eigenvalue weighted by Gasteiger charge is -2.07. The molecule has 8 heteroatoms. The average Bonchev–Trinajstić information content (AvgIpc) is 2.54. The van der Waals surface area contributed by atoms with Gasteiger partial charge in [-0.1, -0.05) is 30.3 Å². The first-order valence-electron chi connectivity index (χ1n) is 6.70. The largest absolute Gasteiger partial charge is 0.269 e. The van der Waals surface area contributed by atoms with Gasteiger partial charge >= 0.3 is 0 Å². The van der Waals surface area contributed by atoms with Crippen LogP contribution < -0.4 is 4.72 Å². The molecule has 0 fully saturated rings. The molecule has 1 amide bonds. The van der Waals surface area contributed by atoms with Crippen LogP contribution in [0.1, 0.15) is 15.9 Å². The molecule has 0 aliphatic heterocycles. The van der Waals surface area contributed by atoms with Gasteiger partial charge in [0.25, 0.3) is 11.6 Å². The second-order valence-electron chi connectivity index (χ2n) is 4.79. The van der Waals surface area contributed by atoms with Crippen LogP contribution in [-0.4, -0.2) is 25.0 Å². The van der Waals surface area contributed by atoms with Crippen molar-refractivity contribution in [3.05, 3.63) is 75.8 Å². The molecule has 0 aliphatic rings. The Balaban J connectivity index is 1.96. The minimum absolute atomic E-state index is 0.0611. The fourth-order valence-corrected chi connectivity index (χ4v) is 2.88. The van der Waals surface area contributed by atoms with E-state index in [0.717, 1.165) is 0 Å². The first-order valence-corrected chi connectivity index (χ1v) is 8.36. The minimum atomic E-state index is -3.79. The summed E-state index contributed by atoms with van der Waals surface area (Å²) in [7, 11) is -3.79. The van der Waals surface area contributed by atoms with E-state index in [9.17, 15) is 23.3 Å². The van der Waals surface area contributed by atoms with Gasteiger partial charge in [0.05, 0.1) is 10.7 Å². The Hall–Kier alpha value is -2.74.